The molecule has 0 saturated carbocycles. The van der Waals surface area contributed by atoms with Gasteiger partial charge >= 0.3 is 0 Å². The number of thiophene rings is 1. The topological polar surface area (TPSA) is 17.1 Å². The number of ketones is 1. The summed E-state index contributed by atoms with van der Waals surface area (Å²) in [5.41, 5.74) is 0. The number of rotatable bonds is 1. The number of hydrogen-bond donors (Lipinski definition) is 0. The predicted octanol–water partition coefficient (Wildman–Crippen LogP) is 3.48. The molecule has 1 aromatic rings. The van der Waals surface area contributed by atoms with E-state index in [0.29, 0.717) is 0 Å². The molecule has 0 N–H and O–H groups in total. The summed E-state index contributed by atoms with van der Waals surface area (Å²) in [6, 6.07) is 1.82. The minimum atomic E-state index is 0.108. The van der Waals surface area contributed by atoms with E-state index < -0.39 is 0 Å². The molecule has 10 heavy (non-hydrogen) atoms. The van der Waals surface area contributed by atoms with Gasteiger partial charge in [-0.1, -0.05) is 0 Å². The van der Waals surface area contributed by atoms with E-state index in [4.69, 9.17) is 0 Å². The van der Waals surface area contributed by atoms with Crippen LogP contribution in [0.25, 0.3) is 0 Å². The zero-order valence-corrected chi connectivity index (χ0v) is 9.14. The predicted molar refractivity (Wildman–Crippen MR) is 49.7 cm³/mol. The van der Waals surface area contributed by atoms with Crippen LogP contribution in [-0.4, -0.2) is 5.78 Å². The second-order valence-corrected chi connectivity index (χ2v) is 5.01. The molecule has 0 aliphatic carbocycles. The van der Waals surface area contributed by atoms with Crippen molar-refractivity contribution in [3.05, 3.63) is 19.2 Å². The molecule has 0 saturated heterocycles. The number of hydrogen-bond acceptors (Lipinski definition) is 2. The van der Waals surface area contributed by atoms with Gasteiger partial charge in [0.2, 0.25) is 0 Å². The summed E-state index contributed by atoms with van der Waals surface area (Å²) < 4.78 is 1.92. The first kappa shape index (κ1) is 8.43. The Hall–Kier alpha value is 0.330. The fourth-order valence-electron chi connectivity index (χ4n) is 0.520. The van der Waals surface area contributed by atoms with Crippen LogP contribution in [0.5, 0.6) is 0 Å². The lowest BCUT2D eigenvalue weighted by Crippen LogP contribution is -1.83. The maximum absolute atomic E-state index is 10.8. The Morgan fingerprint density at radius 2 is 2.20 bits per heavy atom. The Labute approximate surface area is 79.7 Å². The summed E-state index contributed by atoms with van der Waals surface area (Å²) in [6.45, 7) is 1.56. The van der Waals surface area contributed by atoms with E-state index in [9.17, 15) is 4.79 Å². The lowest BCUT2D eigenvalue weighted by molar-refractivity contribution is 0.102. The van der Waals surface area contributed by atoms with Crippen molar-refractivity contribution in [2.45, 2.75) is 6.92 Å². The van der Waals surface area contributed by atoms with E-state index in [-0.39, 0.29) is 5.78 Å². The molecule has 0 aliphatic rings. The van der Waals surface area contributed by atoms with Gasteiger partial charge in [-0.25, -0.2) is 0 Å². The number of carbonyl (C=O) groups is 1. The second-order valence-electron chi connectivity index (χ2n) is 1.79. The normalized spacial score (nSPS) is 9.90. The molecule has 0 unspecified atom stereocenters. The van der Waals surface area contributed by atoms with Crippen molar-refractivity contribution < 1.29 is 4.79 Å². The van der Waals surface area contributed by atoms with Gasteiger partial charge in [-0.05, 0) is 44.8 Å². The fraction of sp³-hybridized carbons (Fsp3) is 0.167. The van der Waals surface area contributed by atoms with Crippen molar-refractivity contribution in [2.75, 3.05) is 0 Å². The Bertz CT molecular complexity index is 247. The minimum Gasteiger partial charge on any atom is -0.294 e. The lowest BCUT2D eigenvalue weighted by atomic mass is 10.4. The van der Waals surface area contributed by atoms with E-state index >= 15 is 0 Å². The van der Waals surface area contributed by atoms with Crippen molar-refractivity contribution in [2.24, 2.45) is 0 Å². The van der Waals surface area contributed by atoms with E-state index in [0.717, 1.165) is 13.1 Å². The Balaban J connectivity index is 3.10. The van der Waals surface area contributed by atoms with Crippen molar-refractivity contribution >= 4 is 49.0 Å². The van der Waals surface area contributed by atoms with Gasteiger partial charge in [0.25, 0.3) is 0 Å². The number of carbonyl (C=O) groups excluding carboxylic acids is 1. The standard InChI is InChI=1S/C6H4Br2OS/c1-3(9)5-2-4(7)6(8)10-5/h2H,1H3. The van der Waals surface area contributed by atoms with Crippen molar-refractivity contribution in [1.29, 1.82) is 0 Å². The highest BCUT2D eigenvalue weighted by atomic mass is 79.9. The van der Waals surface area contributed by atoms with Crippen molar-refractivity contribution in [3.8, 4) is 0 Å². The molecule has 54 valence electrons. The third-order valence-electron chi connectivity index (χ3n) is 0.992. The van der Waals surface area contributed by atoms with Crippen LogP contribution in [0.15, 0.2) is 14.3 Å². The fourth-order valence-corrected chi connectivity index (χ4v) is 2.45. The summed E-state index contributed by atoms with van der Waals surface area (Å²) in [5, 5.41) is 0. The molecule has 0 radical (unpaired) electrons. The highest BCUT2D eigenvalue weighted by molar-refractivity contribution is 9.13. The van der Waals surface area contributed by atoms with Crippen LogP contribution in [0.1, 0.15) is 16.6 Å². The molecule has 0 atom stereocenters. The van der Waals surface area contributed by atoms with Crippen LogP contribution in [0.3, 0.4) is 0 Å². The second kappa shape index (κ2) is 3.15. The largest absolute Gasteiger partial charge is 0.294 e. The maximum Gasteiger partial charge on any atom is 0.169 e. The van der Waals surface area contributed by atoms with Crippen LogP contribution < -0.4 is 0 Å². The van der Waals surface area contributed by atoms with Gasteiger partial charge < -0.3 is 0 Å². The average molecular weight is 284 g/mol. The Morgan fingerprint density at radius 1 is 1.60 bits per heavy atom. The van der Waals surface area contributed by atoms with E-state index in [1.54, 1.807) is 6.92 Å². The highest BCUT2D eigenvalue weighted by Gasteiger charge is 2.06. The van der Waals surface area contributed by atoms with Gasteiger partial charge in [-0.15, -0.1) is 11.3 Å². The van der Waals surface area contributed by atoms with E-state index in [2.05, 4.69) is 31.9 Å². The third-order valence-corrected chi connectivity index (χ3v) is 4.35. The summed E-state index contributed by atoms with van der Waals surface area (Å²) in [6.07, 6.45) is 0. The highest BCUT2D eigenvalue weighted by Crippen LogP contribution is 2.32. The Morgan fingerprint density at radius 3 is 2.40 bits per heavy atom. The summed E-state index contributed by atoms with van der Waals surface area (Å²) in [7, 11) is 0. The van der Waals surface area contributed by atoms with Gasteiger partial charge in [0.05, 0.1) is 8.66 Å². The molecule has 1 heterocycles. The van der Waals surface area contributed by atoms with Crippen LogP contribution >= 0.6 is 43.2 Å². The van der Waals surface area contributed by atoms with Crippen LogP contribution in [0.4, 0.5) is 0 Å². The van der Waals surface area contributed by atoms with Gasteiger partial charge in [0.15, 0.2) is 5.78 Å². The number of halogens is 2. The van der Waals surface area contributed by atoms with E-state index in [1.807, 2.05) is 6.07 Å². The summed E-state index contributed by atoms with van der Waals surface area (Å²) in [5.74, 6) is 0.108. The average Bonchev–Trinajstić information content (AvgIpc) is 2.13. The zero-order valence-electron chi connectivity index (χ0n) is 5.15. The molecule has 1 nitrogen and oxygen atoms in total. The van der Waals surface area contributed by atoms with Gasteiger partial charge in [-0.3, -0.25) is 4.79 Å². The molecule has 0 amide bonds. The Kier molecular flexibility index (Phi) is 2.66. The monoisotopic (exact) mass is 282 g/mol. The van der Waals surface area contributed by atoms with E-state index in [1.165, 1.54) is 11.3 Å². The SMILES string of the molecule is CC(=O)c1cc(Br)c(Br)s1. The first-order valence-electron chi connectivity index (χ1n) is 2.57. The molecule has 0 aromatic carbocycles. The molecular weight excluding hydrogens is 280 g/mol. The molecule has 1 rings (SSSR count). The van der Waals surface area contributed by atoms with Crippen LogP contribution in [0, 0.1) is 0 Å². The zero-order chi connectivity index (χ0) is 7.72. The quantitative estimate of drug-likeness (QED) is 0.721. The molecule has 4 heteroatoms. The molecule has 0 aliphatic heterocycles. The first-order valence-corrected chi connectivity index (χ1v) is 4.97. The maximum atomic E-state index is 10.8. The lowest BCUT2D eigenvalue weighted by Gasteiger charge is -1.80. The minimum absolute atomic E-state index is 0.108. The summed E-state index contributed by atoms with van der Waals surface area (Å²) >= 11 is 8.04. The smallest absolute Gasteiger partial charge is 0.169 e. The molecule has 0 bridgehead atoms. The van der Waals surface area contributed by atoms with Crippen LogP contribution in [0.2, 0.25) is 0 Å². The molecule has 1 aromatic heterocycles. The molecule has 0 spiro atoms. The molecule has 0 fully saturated rings. The van der Waals surface area contributed by atoms with Gasteiger partial charge in [0.1, 0.15) is 0 Å². The molecular formula is C6H4Br2OS. The van der Waals surface area contributed by atoms with Gasteiger partial charge in [0, 0.05) is 4.47 Å². The van der Waals surface area contributed by atoms with Crippen LogP contribution in [-0.2, 0) is 0 Å². The van der Waals surface area contributed by atoms with Gasteiger partial charge in [-0.2, -0.15) is 0 Å². The van der Waals surface area contributed by atoms with Crippen molar-refractivity contribution in [1.82, 2.24) is 0 Å². The number of Topliss-reactive ketones (excluding diaryl/α,β-unsaturated/α-hetero) is 1. The third kappa shape index (κ3) is 1.68. The summed E-state index contributed by atoms with van der Waals surface area (Å²) in [4.78, 5) is 11.6. The first-order chi connectivity index (χ1) is 4.61. The van der Waals surface area contributed by atoms with Crippen molar-refractivity contribution in [3.63, 3.8) is 0 Å².